The van der Waals surface area contributed by atoms with Crippen molar-refractivity contribution in [3.8, 4) is 0 Å². The molecule has 0 radical (unpaired) electrons. The number of amides is 1. The average molecular weight is 354 g/mol. The lowest BCUT2D eigenvalue weighted by molar-refractivity contribution is -0.118. The van der Waals surface area contributed by atoms with E-state index in [0.29, 0.717) is 0 Å². The summed E-state index contributed by atoms with van der Waals surface area (Å²) in [5.41, 5.74) is 0.877. The molecule has 0 saturated carbocycles. The molecular formula is C21H20F2N2O. The van der Waals surface area contributed by atoms with Crippen LogP contribution in [0.1, 0.15) is 25.5 Å². The fourth-order valence-corrected chi connectivity index (χ4v) is 2.86. The first-order valence-electron chi connectivity index (χ1n) is 8.44. The highest BCUT2D eigenvalue weighted by Crippen LogP contribution is 2.21. The minimum atomic E-state index is -0.672. The van der Waals surface area contributed by atoms with Crippen molar-refractivity contribution < 1.29 is 13.6 Å². The Bertz CT molecular complexity index is 942. The van der Waals surface area contributed by atoms with Gasteiger partial charge in [-0.1, -0.05) is 36.4 Å². The van der Waals surface area contributed by atoms with Gasteiger partial charge in [-0.25, -0.2) is 8.78 Å². The molecule has 0 heterocycles. The number of nitrogens with one attached hydrogen (secondary N) is 2. The minimum absolute atomic E-state index is 0.0855. The standard InChI is InChI=1S/C21H20F2N2O/c1-13(16-8-7-15-5-3-4-6-17(15)11-16)24-14(2)21(26)25-20-12-18(22)9-10-19(20)23/h3-14,24H,1-2H3,(H,25,26)/t13-,14-/m1/s1. The van der Waals surface area contributed by atoms with Crippen LogP contribution in [0.5, 0.6) is 0 Å². The predicted molar refractivity (Wildman–Crippen MR) is 99.9 cm³/mol. The molecule has 2 atom stereocenters. The maximum absolute atomic E-state index is 13.7. The van der Waals surface area contributed by atoms with Gasteiger partial charge in [0.15, 0.2) is 0 Å². The third kappa shape index (κ3) is 4.06. The van der Waals surface area contributed by atoms with Gasteiger partial charge in [0.2, 0.25) is 5.91 Å². The van der Waals surface area contributed by atoms with Crippen molar-refractivity contribution in [2.45, 2.75) is 25.9 Å². The van der Waals surface area contributed by atoms with Crippen molar-refractivity contribution in [3.05, 3.63) is 77.9 Å². The molecule has 3 rings (SSSR count). The normalized spacial score (nSPS) is 13.4. The highest BCUT2D eigenvalue weighted by Gasteiger charge is 2.18. The first-order valence-corrected chi connectivity index (χ1v) is 8.44. The van der Waals surface area contributed by atoms with Gasteiger partial charge in [0.05, 0.1) is 11.7 Å². The summed E-state index contributed by atoms with van der Waals surface area (Å²) in [5, 5.41) is 7.88. The van der Waals surface area contributed by atoms with E-state index in [-0.39, 0.29) is 11.7 Å². The summed E-state index contributed by atoms with van der Waals surface area (Å²) < 4.78 is 26.9. The third-order valence-electron chi connectivity index (χ3n) is 4.35. The Balaban J connectivity index is 1.68. The molecule has 3 aromatic rings. The molecule has 2 N–H and O–H groups in total. The summed E-state index contributed by atoms with van der Waals surface area (Å²) in [6, 6.07) is 16.5. The number of anilines is 1. The Labute approximate surface area is 151 Å². The number of halogens is 2. The molecule has 0 aromatic heterocycles. The van der Waals surface area contributed by atoms with E-state index in [1.54, 1.807) is 6.92 Å². The van der Waals surface area contributed by atoms with Gasteiger partial charge < -0.3 is 5.32 Å². The van der Waals surface area contributed by atoms with Crippen LogP contribution in [0.25, 0.3) is 10.8 Å². The van der Waals surface area contributed by atoms with Crippen LogP contribution in [0.4, 0.5) is 14.5 Å². The average Bonchev–Trinajstić information content (AvgIpc) is 2.64. The summed E-state index contributed by atoms with van der Waals surface area (Å²) in [7, 11) is 0. The summed E-state index contributed by atoms with van der Waals surface area (Å²) >= 11 is 0. The van der Waals surface area contributed by atoms with E-state index in [1.165, 1.54) is 0 Å². The molecule has 0 unspecified atom stereocenters. The van der Waals surface area contributed by atoms with Crippen molar-refractivity contribution in [1.29, 1.82) is 0 Å². The fraction of sp³-hybridized carbons (Fsp3) is 0.190. The number of hydrogen-bond donors (Lipinski definition) is 2. The van der Waals surface area contributed by atoms with Crippen LogP contribution in [-0.4, -0.2) is 11.9 Å². The van der Waals surface area contributed by atoms with E-state index in [1.807, 2.05) is 43.3 Å². The van der Waals surface area contributed by atoms with Crippen LogP contribution < -0.4 is 10.6 Å². The van der Waals surface area contributed by atoms with Gasteiger partial charge >= 0.3 is 0 Å². The lowest BCUT2D eigenvalue weighted by Gasteiger charge is -2.20. The van der Waals surface area contributed by atoms with Gasteiger partial charge in [0, 0.05) is 12.1 Å². The van der Waals surface area contributed by atoms with Crippen molar-refractivity contribution in [1.82, 2.24) is 5.32 Å². The smallest absolute Gasteiger partial charge is 0.241 e. The van der Waals surface area contributed by atoms with E-state index >= 15 is 0 Å². The van der Waals surface area contributed by atoms with Crippen LogP contribution in [0.15, 0.2) is 60.7 Å². The number of carbonyl (C=O) groups excluding carboxylic acids is 1. The van der Waals surface area contributed by atoms with E-state index in [2.05, 4.69) is 16.7 Å². The zero-order valence-electron chi connectivity index (χ0n) is 14.6. The number of rotatable bonds is 5. The van der Waals surface area contributed by atoms with E-state index < -0.39 is 23.6 Å². The number of hydrogen-bond acceptors (Lipinski definition) is 2. The summed E-state index contributed by atoms with van der Waals surface area (Å²) in [5.74, 6) is -1.71. The molecule has 5 heteroatoms. The zero-order valence-corrected chi connectivity index (χ0v) is 14.6. The summed E-state index contributed by atoms with van der Waals surface area (Å²) in [4.78, 5) is 12.3. The molecule has 3 nitrogen and oxygen atoms in total. The van der Waals surface area contributed by atoms with Crippen LogP contribution >= 0.6 is 0 Å². The molecule has 26 heavy (non-hydrogen) atoms. The molecule has 0 aliphatic rings. The van der Waals surface area contributed by atoms with Gasteiger partial charge in [-0.15, -0.1) is 0 Å². The zero-order chi connectivity index (χ0) is 18.7. The van der Waals surface area contributed by atoms with Gasteiger partial charge in [-0.2, -0.15) is 0 Å². The Morgan fingerprint density at radius 3 is 2.42 bits per heavy atom. The first-order chi connectivity index (χ1) is 12.4. The van der Waals surface area contributed by atoms with Crippen molar-refractivity contribution in [2.75, 3.05) is 5.32 Å². The van der Waals surface area contributed by atoms with E-state index in [9.17, 15) is 13.6 Å². The van der Waals surface area contributed by atoms with Crippen LogP contribution in [-0.2, 0) is 4.79 Å². The second-order valence-electron chi connectivity index (χ2n) is 6.33. The lowest BCUT2D eigenvalue weighted by Crippen LogP contribution is -2.39. The molecule has 0 aliphatic heterocycles. The molecule has 0 aliphatic carbocycles. The van der Waals surface area contributed by atoms with Crippen molar-refractivity contribution in [3.63, 3.8) is 0 Å². The lowest BCUT2D eigenvalue weighted by atomic mass is 10.0. The van der Waals surface area contributed by atoms with Gasteiger partial charge in [0.25, 0.3) is 0 Å². The Morgan fingerprint density at radius 1 is 0.923 bits per heavy atom. The largest absolute Gasteiger partial charge is 0.322 e. The fourth-order valence-electron chi connectivity index (χ4n) is 2.86. The van der Waals surface area contributed by atoms with E-state index in [4.69, 9.17) is 0 Å². The predicted octanol–water partition coefficient (Wildman–Crippen LogP) is 4.80. The molecule has 134 valence electrons. The molecule has 1 amide bonds. The molecule has 3 aromatic carbocycles. The molecule has 0 bridgehead atoms. The minimum Gasteiger partial charge on any atom is -0.322 e. The SMILES string of the molecule is C[C@@H](N[C@H](C)c1ccc2ccccc2c1)C(=O)Nc1cc(F)ccc1F. The van der Waals surface area contributed by atoms with E-state index in [0.717, 1.165) is 34.5 Å². The number of fused-ring (bicyclic) bond motifs is 1. The molecule has 0 fully saturated rings. The Hall–Kier alpha value is -2.79. The van der Waals surface area contributed by atoms with Crippen molar-refractivity contribution >= 4 is 22.4 Å². The first kappa shape index (κ1) is 18.0. The van der Waals surface area contributed by atoms with Crippen LogP contribution in [0, 0.1) is 11.6 Å². The second-order valence-corrected chi connectivity index (χ2v) is 6.33. The van der Waals surface area contributed by atoms with Crippen LogP contribution in [0.2, 0.25) is 0 Å². The van der Waals surface area contributed by atoms with Gasteiger partial charge in [-0.05, 0) is 48.4 Å². The number of benzene rings is 3. The molecular weight excluding hydrogens is 334 g/mol. The Morgan fingerprint density at radius 2 is 1.65 bits per heavy atom. The quantitative estimate of drug-likeness (QED) is 0.691. The summed E-state index contributed by atoms with van der Waals surface area (Å²) in [6.45, 7) is 3.64. The molecule has 0 saturated heterocycles. The molecule has 0 spiro atoms. The van der Waals surface area contributed by atoms with Crippen molar-refractivity contribution in [2.24, 2.45) is 0 Å². The number of carbonyl (C=O) groups is 1. The highest BCUT2D eigenvalue weighted by molar-refractivity contribution is 5.94. The van der Waals surface area contributed by atoms with Gasteiger partial charge in [0.1, 0.15) is 11.6 Å². The topological polar surface area (TPSA) is 41.1 Å². The van der Waals surface area contributed by atoms with Crippen LogP contribution in [0.3, 0.4) is 0 Å². The monoisotopic (exact) mass is 354 g/mol. The van der Waals surface area contributed by atoms with Gasteiger partial charge in [-0.3, -0.25) is 10.1 Å². The maximum atomic E-state index is 13.7. The highest BCUT2D eigenvalue weighted by atomic mass is 19.1. The summed E-state index contributed by atoms with van der Waals surface area (Å²) in [6.07, 6.45) is 0. The Kier molecular flexibility index (Phi) is 5.28. The maximum Gasteiger partial charge on any atom is 0.241 e. The second kappa shape index (κ2) is 7.62. The third-order valence-corrected chi connectivity index (χ3v) is 4.35.